The maximum Gasteiger partial charge on any atom is 0.234 e. The lowest BCUT2D eigenvalue weighted by atomic mass is 10.0. The van der Waals surface area contributed by atoms with Gasteiger partial charge in [-0.3, -0.25) is 14.7 Å². The molecule has 132 valence electrons. The molecule has 1 aromatic heterocycles. The van der Waals surface area contributed by atoms with Crippen molar-refractivity contribution in [3.8, 4) is 0 Å². The summed E-state index contributed by atoms with van der Waals surface area (Å²) in [7, 11) is 4.11. The van der Waals surface area contributed by atoms with Crippen molar-refractivity contribution in [3.63, 3.8) is 0 Å². The summed E-state index contributed by atoms with van der Waals surface area (Å²) < 4.78 is 0. The summed E-state index contributed by atoms with van der Waals surface area (Å²) in [5.41, 5.74) is 3.52. The topological polar surface area (TPSA) is 48.5 Å². The van der Waals surface area contributed by atoms with Gasteiger partial charge in [-0.2, -0.15) is 0 Å². The number of carbonyl (C=O) groups is 1. The van der Waals surface area contributed by atoms with Gasteiger partial charge >= 0.3 is 0 Å². The first-order chi connectivity index (χ1) is 12.1. The molecule has 1 aliphatic heterocycles. The Labute approximate surface area is 149 Å². The molecule has 5 heteroatoms. The van der Waals surface area contributed by atoms with Crippen LogP contribution in [0.25, 0.3) is 0 Å². The van der Waals surface area contributed by atoms with Crippen LogP contribution >= 0.6 is 0 Å². The smallest absolute Gasteiger partial charge is 0.234 e. The lowest BCUT2D eigenvalue weighted by molar-refractivity contribution is -0.122. The Bertz CT molecular complexity index is 702. The molecule has 1 saturated heterocycles. The fourth-order valence-corrected chi connectivity index (χ4v) is 3.35. The van der Waals surface area contributed by atoms with Gasteiger partial charge in [0.05, 0.1) is 6.54 Å². The van der Waals surface area contributed by atoms with Crippen molar-refractivity contribution in [2.75, 3.05) is 32.1 Å². The Balaban J connectivity index is 1.60. The maximum atomic E-state index is 12.3. The van der Waals surface area contributed by atoms with E-state index in [1.807, 2.05) is 12.1 Å². The highest BCUT2D eigenvalue weighted by molar-refractivity contribution is 5.78. The second-order valence-corrected chi connectivity index (χ2v) is 6.76. The molecule has 1 amide bonds. The molecule has 1 unspecified atom stereocenters. The lowest BCUT2D eigenvalue weighted by Gasteiger charge is -2.25. The van der Waals surface area contributed by atoms with Crippen molar-refractivity contribution in [1.82, 2.24) is 15.2 Å². The first kappa shape index (κ1) is 17.4. The Kier molecular flexibility index (Phi) is 5.66. The van der Waals surface area contributed by atoms with E-state index in [9.17, 15) is 4.79 Å². The van der Waals surface area contributed by atoms with Crippen LogP contribution in [0.4, 0.5) is 5.69 Å². The highest BCUT2D eigenvalue weighted by Gasteiger charge is 2.27. The van der Waals surface area contributed by atoms with Gasteiger partial charge in [0.1, 0.15) is 0 Å². The number of nitrogens with zero attached hydrogens (tertiary/aromatic N) is 3. The summed E-state index contributed by atoms with van der Waals surface area (Å²) in [6, 6.07) is 12.8. The van der Waals surface area contributed by atoms with Crippen LogP contribution in [-0.2, 0) is 11.3 Å². The summed E-state index contributed by atoms with van der Waals surface area (Å²) >= 11 is 0. The van der Waals surface area contributed by atoms with Crippen molar-refractivity contribution >= 4 is 11.6 Å². The molecule has 0 aliphatic carbocycles. The van der Waals surface area contributed by atoms with E-state index in [0.717, 1.165) is 24.9 Å². The van der Waals surface area contributed by atoms with E-state index in [2.05, 4.69) is 58.5 Å². The summed E-state index contributed by atoms with van der Waals surface area (Å²) in [6.45, 7) is 1.94. The molecule has 1 N–H and O–H groups in total. The van der Waals surface area contributed by atoms with Crippen LogP contribution in [0, 0.1) is 0 Å². The maximum absolute atomic E-state index is 12.3. The second-order valence-electron chi connectivity index (χ2n) is 6.76. The van der Waals surface area contributed by atoms with Gasteiger partial charge in [-0.25, -0.2) is 0 Å². The Morgan fingerprint density at radius 3 is 2.96 bits per heavy atom. The zero-order chi connectivity index (χ0) is 17.6. The van der Waals surface area contributed by atoms with E-state index in [0.29, 0.717) is 19.1 Å². The van der Waals surface area contributed by atoms with Crippen LogP contribution in [0.3, 0.4) is 0 Å². The van der Waals surface area contributed by atoms with E-state index >= 15 is 0 Å². The number of likely N-dealkylation sites (tertiary alicyclic amines) is 1. The van der Waals surface area contributed by atoms with E-state index < -0.39 is 0 Å². The van der Waals surface area contributed by atoms with Crippen molar-refractivity contribution in [1.29, 1.82) is 0 Å². The molecule has 1 atom stereocenters. The van der Waals surface area contributed by atoms with Gasteiger partial charge < -0.3 is 10.2 Å². The first-order valence-corrected chi connectivity index (χ1v) is 8.80. The Morgan fingerprint density at radius 1 is 1.32 bits per heavy atom. The summed E-state index contributed by atoms with van der Waals surface area (Å²) in [4.78, 5) is 20.8. The number of rotatable bonds is 6. The molecular formula is C20H26N4O. The number of aromatic nitrogens is 1. The number of hydrogen-bond donors (Lipinski definition) is 1. The molecule has 0 bridgehead atoms. The van der Waals surface area contributed by atoms with E-state index in [1.165, 1.54) is 11.3 Å². The number of amides is 1. The Morgan fingerprint density at radius 2 is 2.20 bits per heavy atom. The van der Waals surface area contributed by atoms with Crippen LogP contribution in [0.1, 0.15) is 30.0 Å². The van der Waals surface area contributed by atoms with Gasteiger partial charge in [-0.05, 0) is 48.7 Å². The minimum absolute atomic E-state index is 0.0690. The monoisotopic (exact) mass is 338 g/mol. The number of pyridine rings is 1. The first-order valence-electron chi connectivity index (χ1n) is 8.80. The van der Waals surface area contributed by atoms with Crippen LogP contribution < -0.4 is 10.2 Å². The molecule has 1 aromatic carbocycles. The third-order valence-corrected chi connectivity index (χ3v) is 4.69. The summed E-state index contributed by atoms with van der Waals surface area (Å²) in [5.74, 6) is 0.0690. The average Bonchev–Trinajstić information content (AvgIpc) is 3.09. The van der Waals surface area contributed by atoms with Crippen LogP contribution in [0.5, 0.6) is 0 Å². The third-order valence-electron chi connectivity index (χ3n) is 4.69. The predicted molar refractivity (Wildman–Crippen MR) is 100 cm³/mol. The molecule has 2 heterocycles. The number of anilines is 1. The van der Waals surface area contributed by atoms with Gasteiger partial charge in [0, 0.05) is 44.8 Å². The summed E-state index contributed by atoms with van der Waals surface area (Å²) in [5, 5.41) is 3.00. The SMILES string of the molecule is CN(C)c1cccc(C2CCCN2CC(=O)NCc2cccnc2)c1. The summed E-state index contributed by atoms with van der Waals surface area (Å²) in [6.07, 6.45) is 5.76. The molecule has 0 saturated carbocycles. The van der Waals surface area contributed by atoms with Crippen molar-refractivity contribution in [2.24, 2.45) is 0 Å². The van der Waals surface area contributed by atoms with Crippen LogP contribution in [0.15, 0.2) is 48.8 Å². The van der Waals surface area contributed by atoms with Crippen molar-refractivity contribution in [2.45, 2.75) is 25.4 Å². The molecular weight excluding hydrogens is 312 g/mol. The normalized spacial score (nSPS) is 17.4. The predicted octanol–water partition coefficient (Wildman–Crippen LogP) is 2.60. The zero-order valence-corrected chi connectivity index (χ0v) is 15.0. The fraction of sp³-hybridized carbons (Fsp3) is 0.400. The number of hydrogen-bond acceptors (Lipinski definition) is 4. The van der Waals surface area contributed by atoms with E-state index in [1.54, 1.807) is 12.4 Å². The molecule has 5 nitrogen and oxygen atoms in total. The quantitative estimate of drug-likeness (QED) is 0.879. The molecule has 3 rings (SSSR count). The van der Waals surface area contributed by atoms with Gasteiger partial charge in [-0.1, -0.05) is 18.2 Å². The highest BCUT2D eigenvalue weighted by atomic mass is 16.2. The second kappa shape index (κ2) is 8.12. The molecule has 0 spiro atoms. The van der Waals surface area contributed by atoms with E-state index in [4.69, 9.17) is 0 Å². The lowest BCUT2D eigenvalue weighted by Crippen LogP contribution is -2.36. The minimum Gasteiger partial charge on any atom is -0.378 e. The zero-order valence-electron chi connectivity index (χ0n) is 15.0. The van der Waals surface area contributed by atoms with Crippen molar-refractivity contribution in [3.05, 3.63) is 59.9 Å². The number of benzene rings is 1. The fourth-order valence-electron chi connectivity index (χ4n) is 3.35. The number of carbonyl (C=O) groups excluding carboxylic acids is 1. The van der Waals surface area contributed by atoms with Crippen LogP contribution in [0.2, 0.25) is 0 Å². The number of nitrogens with one attached hydrogen (secondary N) is 1. The molecule has 0 radical (unpaired) electrons. The van der Waals surface area contributed by atoms with Gasteiger partial charge in [0.25, 0.3) is 0 Å². The van der Waals surface area contributed by atoms with Gasteiger partial charge in [-0.15, -0.1) is 0 Å². The highest BCUT2D eigenvalue weighted by Crippen LogP contribution is 2.33. The standard InChI is InChI=1S/C20H26N4O/c1-23(2)18-8-3-7-17(12-18)19-9-5-11-24(19)15-20(25)22-14-16-6-4-10-21-13-16/h3-4,6-8,10,12-13,19H,5,9,11,14-15H2,1-2H3,(H,22,25). The van der Waals surface area contributed by atoms with E-state index in [-0.39, 0.29) is 5.91 Å². The Hall–Kier alpha value is -2.40. The largest absolute Gasteiger partial charge is 0.378 e. The minimum atomic E-state index is 0.0690. The third kappa shape index (κ3) is 4.57. The molecule has 1 aliphatic rings. The van der Waals surface area contributed by atoms with Crippen LogP contribution in [-0.4, -0.2) is 43.0 Å². The van der Waals surface area contributed by atoms with Gasteiger partial charge in [0.2, 0.25) is 5.91 Å². The van der Waals surface area contributed by atoms with Gasteiger partial charge in [0.15, 0.2) is 0 Å². The molecule has 25 heavy (non-hydrogen) atoms. The average molecular weight is 338 g/mol. The molecule has 2 aromatic rings. The van der Waals surface area contributed by atoms with Crippen molar-refractivity contribution < 1.29 is 4.79 Å². The molecule has 1 fully saturated rings.